The fourth-order valence-corrected chi connectivity index (χ4v) is 2.81. The number of hydrazone groups is 1. The highest BCUT2D eigenvalue weighted by atomic mass is 35.5. The van der Waals surface area contributed by atoms with Crippen LogP contribution in [0.5, 0.6) is 0 Å². The Morgan fingerprint density at radius 3 is 2.60 bits per heavy atom. The van der Waals surface area contributed by atoms with Crippen LogP contribution in [-0.4, -0.2) is 20.8 Å². The second-order valence-corrected chi connectivity index (χ2v) is 6.42. The maximum atomic E-state index is 12.3. The molecule has 0 aliphatic carbocycles. The summed E-state index contributed by atoms with van der Waals surface area (Å²) in [6, 6.07) is 9.39. The number of H-pyrrole nitrogens is 1. The quantitative estimate of drug-likeness (QED) is 0.358. The summed E-state index contributed by atoms with van der Waals surface area (Å²) in [5, 5.41) is 15.2. The first-order chi connectivity index (χ1) is 11.9. The van der Waals surface area contributed by atoms with Crippen LogP contribution in [0.2, 0.25) is 15.1 Å². The minimum absolute atomic E-state index is 0.100. The van der Waals surface area contributed by atoms with Gasteiger partial charge in [0.05, 0.1) is 21.1 Å². The molecule has 3 rings (SSSR count). The van der Waals surface area contributed by atoms with Crippen molar-refractivity contribution in [1.82, 2.24) is 9.97 Å². The zero-order valence-electron chi connectivity index (χ0n) is 12.5. The summed E-state index contributed by atoms with van der Waals surface area (Å²) >= 11 is 17.7. The number of halogens is 3. The molecule has 9 heteroatoms. The van der Waals surface area contributed by atoms with E-state index in [1.54, 1.807) is 24.3 Å². The number of hydrogen-bond donors (Lipinski definition) is 3. The summed E-state index contributed by atoms with van der Waals surface area (Å²) < 4.78 is 0. The third-order valence-corrected chi connectivity index (χ3v) is 4.53. The van der Waals surface area contributed by atoms with Crippen LogP contribution in [0.1, 0.15) is 17.4 Å². The molecular formula is C16H11Cl3N4O2. The van der Waals surface area contributed by atoms with E-state index < -0.39 is 11.7 Å². The van der Waals surface area contributed by atoms with Gasteiger partial charge in [0.1, 0.15) is 11.8 Å². The number of hydrogen-bond acceptors (Lipinski definition) is 5. The molecule has 25 heavy (non-hydrogen) atoms. The summed E-state index contributed by atoms with van der Waals surface area (Å²) in [5.41, 5.74) is 0.546. The van der Waals surface area contributed by atoms with Crippen molar-refractivity contribution in [2.45, 2.75) is 6.10 Å². The van der Waals surface area contributed by atoms with Gasteiger partial charge < -0.3 is 15.9 Å². The summed E-state index contributed by atoms with van der Waals surface area (Å²) in [6.45, 7) is 0. The Balaban J connectivity index is 2.10. The van der Waals surface area contributed by atoms with Crippen molar-refractivity contribution in [3.05, 3.63) is 73.1 Å². The monoisotopic (exact) mass is 396 g/mol. The molecule has 128 valence electrons. The van der Waals surface area contributed by atoms with Gasteiger partial charge in [-0.25, -0.2) is 4.98 Å². The van der Waals surface area contributed by atoms with Gasteiger partial charge in [-0.05, 0) is 35.9 Å². The number of fused-ring (bicyclic) bond motifs is 1. The zero-order chi connectivity index (χ0) is 18.1. The highest BCUT2D eigenvalue weighted by molar-refractivity contribution is 6.42. The molecule has 1 unspecified atom stereocenters. The molecule has 0 radical (unpaired) electrons. The van der Waals surface area contributed by atoms with Crippen molar-refractivity contribution in [3.63, 3.8) is 0 Å². The third-order valence-electron chi connectivity index (χ3n) is 3.55. The molecule has 4 N–H and O–H groups in total. The smallest absolute Gasteiger partial charge is 0.276 e. The van der Waals surface area contributed by atoms with Gasteiger partial charge in [0, 0.05) is 5.02 Å². The fraction of sp³-hybridized carbons (Fsp3) is 0.0625. The van der Waals surface area contributed by atoms with Gasteiger partial charge in [0.25, 0.3) is 5.56 Å². The van der Waals surface area contributed by atoms with E-state index in [1.165, 1.54) is 12.1 Å². The van der Waals surface area contributed by atoms with Crippen molar-refractivity contribution in [3.8, 4) is 0 Å². The van der Waals surface area contributed by atoms with Crippen molar-refractivity contribution in [1.29, 1.82) is 0 Å². The van der Waals surface area contributed by atoms with Gasteiger partial charge >= 0.3 is 0 Å². The first-order valence-electron chi connectivity index (χ1n) is 7.01. The molecule has 2 aromatic carbocycles. The van der Waals surface area contributed by atoms with E-state index in [0.717, 1.165) is 0 Å². The van der Waals surface area contributed by atoms with Crippen LogP contribution in [-0.2, 0) is 0 Å². The summed E-state index contributed by atoms with van der Waals surface area (Å²) in [5.74, 6) is 5.40. The Hall–Kier alpha value is -2.12. The van der Waals surface area contributed by atoms with E-state index in [0.29, 0.717) is 26.6 Å². The molecule has 1 aromatic heterocycles. The molecule has 1 atom stereocenters. The second kappa shape index (κ2) is 7.01. The van der Waals surface area contributed by atoms with E-state index in [1.807, 2.05) is 0 Å². The molecule has 6 nitrogen and oxygen atoms in total. The van der Waals surface area contributed by atoms with E-state index >= 15 is 0 Å². The molecule has 0 fully saturated rings. The van der Waals surface area contributed by atoms with Crippen LogP contribution in [0.4, 0.5) is 0 Å². The largest absolute Gasteiger partial charge is 0.382 e. The van der Waals surface area contributed by atoms with Crippen molar-refractivity contribution in [2.24, 2.45) is 10.9 Å². The number of nitrogens with two attached hydrogens (primary N) is 1. The maximum absolute atomic E-state index is 12.3. The topological polar surface area (TPSA) is 104 Å². The van der Waals surface area contributed by atoms with E-state index in [-0.39, 0.29) is 16.4 Å². The second-order valence-electron chi connectivity index (χ2n) is 5.17. The number of benzene rings is 2. The highest BCUT2D eigenvalue weighted by Crippen LogP contribution is 2.27. The van der Waals surface area contributed by atoms with Crippen LogP contribution in [0.3, 0.4) is 0 Å². The molecule has 3 aromatic rings. The lowest BCUT2D eigenvalue weighted by molar-refractivity contribution is 0.247. The lowest BCUT2D eigenvalue weighted by atomic mass is 10.0. The molecule has 1 heterocycles. The molecular weight excluding hydrogens is 387 g/mol. The molecule has 0 saturated carbocycles. The van der Waals surface area contributed by atoms with Gasteiger partial charge in [-0.1, -0.05) is 40.9 Å². The van der Waals surface area contributed by atoms with Gasteiger partial charge in [-0.2, -0.15) is 5.10 Å². The van der Waals surface area contributed by atoms with Crippen LogP contribution < -0.4 is 11.4 Å². The van der Waals surface area contributed by atoms with Gasteiger partial charge in [0.15, 0.2) is 5.69 Å². The Kier molecular flexibility index (Phi) is 4.96. The average Bonchev–Trinajstić information content (AvgIpc) is 2.58. The normalized spacial score (nSPS) is 13.2. The van der Waals surface area contributed by atoms with Crippen molar-refractivity contribution < 1.29 is 5.11 Å². The lowest BCUT2D eigenvalue weighted by Crippen LogP contribution is -2.26. The average molecular weight is 398 g/mol. The zero-order valence-corrected chi connectivity index (χ0v) is 14.8. The van der Waals surface area contributed by atoms with Crippen LogP contribution in [0, 0.1) is 0 Å². The molecule has 0 aliphatic rings. The number of aromatic nitrogens is 2. The lowest BCUT2D eigenvalue weighted by Gasteiger charge is -2.13. The fourth-order valence-electron chi connectivity index (χ4n) is 2.33. The summed E-state index contributed by atoms with van der Waals surface area (Å²) in [6.07, 6.45) is -1.31. The molecule has 0 aliphatic heterocycles. The Labute approximate surface area is 156 Å². The third kappa shape index (κ3) is 3.48. The number of aromatic amines is 1. The Bertz CT molecular complexity index is 1050. The van der Waals surface area contributed by atoms with Crippen molar-refractivity contribution in [2.75, 3.05) is 0 Å². The minimum atomic E-state index is -1.31. The van der Waals surface area contributed by atoms with Gasteiger partial charge in [0.2, 0.25) is 0 Å². The Morgan fingerprint density at radius 2 is 1.92 bits per heavy atom. The van der Waals surface area contributed by atoms with Crippen LogP contribution in [0.15, 0.2) is 46.3 Å². The van der Waals surface area contributed by atoms with E-state index in [9.17, 15) is 9.90 Å². The van der Waals surface area contributed by atoms with Gasteiger partial charge in [-0.15, -0.1) is 0 Å². The standard InChI is InChI=1S/C16H11Cl3N4O2/c17-8-2-4-11-12(6-8)22-16(25)14(21-11)13(23-20)15(24)7-1-3-9(18)10(19)5-7/h1-6,15,24H,20H2,(H,22,25)/b23-13+. The molecule has 0 saturated heterocycles. The van der Waals surface area contributed by atoms with E-state index in [2.05, 4.69) is 15.1 Å². The van der Waals surface area contributed by atoms with Crippen LogP contribution >= 0.6 is 34.8 Å². The summed E-state index contributed by atoms with van der Waals surface area (Å²) in [4.78, 5) is 19.2. The van der Waals surface area contributed by atoms with Crippen molar-refractivity contribution >= 4 is 51.5 Å². The number of nitrogens with one attached hydrogen (secondary N) is 1. The number of aliphatic hydroxyl groups is 1. The molecule has 0 amide bonds. The SMILES string of the molecule is N/N=C(\c1nc2ccc(Cl)cc2[nH]c1=O)C(O)c1ccc(Cl)c(Cl)c1. The molecule has 0 spiro atoms. The maximum Gasteiger partial charge on any atom is 0.276 e. The number of nitrogens with zero attached hydrogens (tertiary/aromatic N) is 2. The first-order valence-corrected chi connectivity index (χ1v) is 8.15. The predicted octanol–water partition coefficient (Wildman–Crippen LogP) is 3.28. The minimum Gasteiger partial charge on any atom is -0.382 e. The van der Waals surface area contributed by atoms with Gasteiger partial charge in [-0.3, -0.25) is 4.79 Å². The molecule has 0 bridgehead atoms. The Morgan fingerprint density at radius 1 is 1.16 bits per heavy atom. The predicted molar refractivity (Wildman–Crippen MR) is 99.5 cm³/mol. The number of aliphatic hydroxyl groups excluding tert-OH is 1. The first kappa shape index (κ1) is 17.7. The number of rotatable bonds is 3. The van der Waals surface area contributed by atoms with Crippen LogP contribution in [0.25, 0.3) is 11.0 Å². The van der Waals surface area contributed by atoms with E-state index in [4.69, 9.17) is 40.6 Å². The summed E-state index contributed by atoms with van der Waals surface area (Å²) in [7, 11) is 0. The highest BCUT2D eigenvalue weighted by Gasteiger charge is 2.22.